The minimum absolute atomic E-state index is 0.237. The van der Waals surface area contributed by atoms with Gasteiger partial charge in [0.15, 0.2) is 5.11 Å². The molecule has 21 heavy (non-hydrogen) atoms. The van der Waals surface area contributed by atoms with Crippen LogP contribution in [-0.2, 0) is 6.42 Å². The van der Waals surface area contributed by atoms with Gasteiger partial charge in [0.1, 0.15) is 0 Å². The van der Waals surface area contributed by atoms with Gasteiger partial charge >= 0.3 is 0 Å². The van der Waals surface area contributed by atoms with E-state index in [4.69, 9.17) is 12.2 Å². The second kappa shape index (κ2) is 7.23. The molecule has 2 nitrogen and oxygen atoms in total. The van der Waals surface area contributed by atoms with Crippen molar-refractivity contribution in [1.82, 2.24) is 4.90 Å². The van der Waals surface area contributed by atoms with Gasteiger partial charge in [0.05, 0.1) is 6.04 Å². The highest BCUT2D eigenvalue weighted by Gasteiger charge is 2.14. The Morgan fingerprint density at radius 1 is 1.14 bits per heavy atom. The van der Waals surface area contributed by atoms with E-state index in [-0.39, 0.29) is 6.04 Å². The van der Waals surface area contributed by atoms with E-state index in [9.17, 15) is 0 Å². The van der Waals surface area contributed by atoms with Gasteiger partial charge in [-0.25, -0.2) is 0 Å². The van der Waals surface area contributed by atoms with E-state index >= 15 is 0 Å². The lowest BCUT2D eigenvalue weighted by Crippen LogP contribution is -2.33. The first kappa shape index (κ1) is 15.5. The molecule has 1 atom stereocenters. The van der Waals surface area contributed by atoms with Crippen molar-refractivity contribution in [3.63, 3.8) is 0 Å². The first-order valence-electron chi connectivity index (χ1n) is 7.29. The number of hydrogen-bond acceptors (Lipinski definition) is 1. The molecule has 3 heteroatoms. The average molecular weight is 298 g/mol. The van der Waals surface area contributed by atoms with Crippen molar-refractivity contribution in [2.75, 3.05) is 12.4 Å². The summed E-state index contributed by atoms with van der Waals surface area (Å²) < 4.78 is 0. The molecule has 1 N–H and O–H groups in total. The van der Waals surface area contributed by atoms with Gasteiger partial charge in [0, 0.05) is 12.7 Å². The van der Waals surface area contributed by atoms with Crippen molar-refractivity contribution >= 4 is 23.0 Å². The van der Waals surface area contributed by atoms with Crippen molar-refractivity contribution in [3.05, 3.63) is 65.7 Å². The zero-order chi connectivity index (χ0) is 15.2. The number of thiocarbonyl (C=S) groups is 1. The topological polar surface area (TPSA) is 15.3 Å². The summed E-state index contributed by atoms with van der Waals surface area (Å²) in [7, 11) is 2.02. The van der Waals surface area contributed by atoms with Crippen molar-refractivity contribution < 1.29 is 0 Å². The zero-order valence-corrected chi connectivity index (χ0v) is 13.7. The number of rotatable bonds is 4. The second-order valence-electron chi connectivity index (χ2n) is 5.18. The summed E-state index contributed by atoms with van der Waals surface area (Å²) in [5.74, 6) is 0. The van der Waals surface area contributed by atoms with Gasteiger partial charge < -0.3 is 10.2 Å². The Bertz CT molecular complexity index is 595. The molecular weight excluding hydrogens is 276 g/mol. The van der Waals surface area contributed by atoms with Crippen LogP contribution in [0.1, 0.15) is 31.0 Å². The van der Waals surface area contributed by atoms with E-state index in [1.165, 1.54) is 11.1 Å². The number of nitrogens with zero attached hydrogens (tertiary/aromatic N) is 1. The lowest BCUT2D eigenvalue weighted by molar-refractivity contribution is 0.408. The highest BCUT2D eigenvalue weighted by molar-refractivity contribution is 7.80. The van der Waals surface area contributed by atoms with E-state index in [1.807, 2.05) is 19.2 Å². The lowest BCUT2D eigenvalue weighted by atomic mass is 10.1. The molecule has 0 aliphatic rings. The van der Waals surface area contributed by atoms with Gasteiger partial charge in [-0.2, -0.15) is 0 Å². The quantitative estimate of drug-likeness (QED) is 0.828. The molecule has 0 bridgehead atoms. The van der Waals surface area contributed by atoms with Crippen LogP contribution in [0.3, 0.4) is 0 Å². The molecule has 0 aliphatic carbocycles. The van der Waals surface area contributed by atoms with Gasteiger partial charge in [-0.1, -0.05) is 49.4 Å². The van der Waals surface area contributed by atoms with Gasteiger partial charge in [-0.3, -0.25) is 0 Å². The van der Waals surface area contributed by atoms with Crippen LogP contribution in [0, 0.1) is 0 Å². The Labute approximate surface area is 132 Å². The Hall–Kier alpha value is -1.87. The number of hydrogen-bond donors (Lipinski definition) is 1. The summed E-state index contributed by atoms with van der Waals surface area (Å²) in [4.78, 5) is 2.09. The van der Waals surface area contributed by atoms with E-state index in [0.29, 0.717) is 0 Å². The maximum atomic E-state index is 5.53. The highest BCUT2D eigenvalue weighted by Crippen LogP contribution is 2.20. The van der Waals surface area contributed by atoms with Crippen LogP contribution in [-0.4, -0.2) is 17.1 Å². The number of anilines is 1. The van der Waals surface area contributed by atoms with E-state index in [0.717, 1.165) is 17.2 Å². The standard InChI is InChI=1S/C18H22N2S/c1-4-15-9-8-12-17(13-15)19-18(21)20(3)14(2)16-10-6-5-7-11-16/h5-14H,4H2,1-3H3,(H,19,21)/t14-/m0/s1. The van der Waals surface area contributed by atoms with Crippen LogP contribution in [0.2, 0.25) is 0 Å². The molecule has 110 valence electrons. The fraction of sp³-hybridized carbons (Fsp3) is 0.278. The van der Waals surface area contributed by atoms with E-state index in [1.54, 1.807) is 0 Å². The van der Waals surface area contributed by atoms with Crippen LogP contribution >= 0.6 is 12.2 Å². The molecule has 2 aromatic rings. The van der Waals surface area contributed by atoms with Crippen molar-refractivity contribution in [3.8, 4) is 0 Å². The Kier molecular flexibility index (Phi) is 5.34. The maximum Gasteiger partial charge on any atom is 0.173 e. The van der Waals surface area contributed by atoms with E-state index < -0.39 is 0 Å². The minimum atomic E-state index is 0.237. The minimum Gasteiger partial charge on any atom is -0.345 e. The van der Waals surface area contributed by atoms with E-state index in [2.05, 4.69) is 66.5 Å². The first-order valence-corrected chi connectivity index (χ1v) is 7.70. The Balaban J connectivity index is 2.05. The number of aryl methyl sites for hydroxylation is 1. The molecule has 0 saturated heterocycles. The second-order valence-corrected chi connectivity index (χ2v) is 5.57. The van der Waals surface area contributed by atoms with Gasteiger partial charge in [0.25, 0.3) is 0 Å². The molecular formula is C18H22N2S. The summed E-state index contributed by atoms with van der Waals surface area (Å²) in [6.07, 6.45) is 1.03. The SMILES string of the molecule is CCc1cccc(NC(=S)N(C)[C@@H](C)c2ccccc2)c1. The lowest BCUT2D eigenvalue weighted by Gasteiger charge is -2.28. The molecule has 0 unspecified atom stereocenters. The third-order valence-electron chi connectivity index (χ3n) is 3.77. The van der Waals surface area contributed by atoms with Crippen LogP contribution in [0.4, 0.5) is 5.69 Å². The summed E-state index contributed by atoms with van der Waals surface area (Å²) in [5.41, 5.74) is 3.61. The van der Waals surface area contributed by atoms with Gasteiger partial charge in [-0.15, -0.1) is 0 Å². The average Bonchev–Trinajstić information content (AvgIpc) is 2.54. The molecule has 0 amide bonds. The molecule has 0 aromatic heterocycles. The zero-order valence-electron chi connectivity index (χ0n) is 12.8. The normalized spacial score (nSPS) is 11.8. The maximum absolute atomic E-state index is 5.53. The fourth-order valence-corrected chi connectivity index (χ4v) is 2.49. The van der Waals surface area contributed by atoms with Crippen LogP contribution in [0.15, 0.2) is 54.6 Å². The van der Waals surface area contributed by atoms with Gasteiger partial charge in [-0.05, 0) is 48.8 Å². The number of nitrogens with one attached hydrogen (secondary N) is 1. The van der Waals surface area contributed by atoms with Crippen molar-refractivity contribution in [2.45, 2.75) is 26.3 Å². The Morgan fingerprint density at radius 2 is 1.86 bits per heavy atom. The van der Waals surface area contributed by atoms with Crippen LogP contribution in [0.5, 0.6) is 0 Å². The summed E-state index contributed by atoms with van der Waals surface area (Å²) >= 11 is 5.53. The third-order valence-corrected chi connectivity index (χ3v) is 4.16. The monoisotopic (exact) mass is 298 g/mol. The molecule has 0 radical (unpaired) electrons. The predicted molar refractivity (Wildman–Crippen MR) is 94.7 cm³/mol. The van der Waals surface area contributed by atoms with Crippen molar-refractivity contribution in [1.29, 1.82) is 0 Å². The molecule has 0 fully saturated rings. The Morgan fingerprint density at radius 3 is 2.52 bits per heavy atom. The molecule has 0 saturated carbocycles. The molecule has 2 aromatic carbocycles. The third kappa shape index (κ3) is 4.05. The van der Waals surface area contributed by atoms with Gasteiger partial charge in [0.2, 0.25) is 0 Å². The molecule has 2 rings (SSSR count). The summed E-state index contributed by atoms with van der Waals surface area (Å²) in [6, 6.07) is 19.0. The predicted octanol–water partition coefficient (Wildman–Crippen LogP) is 4.64. The highest BCUT2D eigenvalue weighted by atomic mass is 32.1. The largest absolute Gasteiger partial charge is 0.345 e. The smallest absolute Gasteiger partial charge is 0.173 e. The summed E-state index contributed by atoms with van der Waals surface area (Å²) in [6.45, 7) is 4.31. The summed E-state index contributed by atoms with van der Waals surface area (Å²) in [5, 5.41) is 4.06. The van der Waals surface area contributed by atoms with Crippen LogP contribution in [0.25, 0.3) is 0 Å². The molecule has 0 heterocycles. The van der Waals surface area contributed by atoms with Crippen LogP contribution < -0.4 is 5.32 Å². The fourth-order valence-electron chi connectivity index (χ4n) is 2.21. The molecule has 0 aliphatic heterocycles. The first-order chi connectivity index (χ1) is 10.1. The molecule has 0 spiro atoms. The number of benzene rings is 2. The van der Waals surface area contributed by atoms with Crippen molar-refractivity contribution in [2.24, 2.45) is 0 Å².